The van der Waals surface area contributed by atoms with Gasteiger partial charge in [0.1, 0.15) is 6.54 Å². The molecule has 0 spiro atoms. The van der Waals surface area contributed by atoms with Gasteiger partial charge in [-0.3, -0.25) is 9.59 Å². The second-order valence-electron chi connectivity index (χ2n) is 7.50. The van der Waals surface area contributed by atoms with E-state index in [1.807, 2.05) is 29.2 Å². The normalized spacial score (nSPS) is 15.0. The summed E-state index contributed by atoms with van der Waals surface area (Å²) in [6, 6.07) is 7.68. The lowest BCUT2D eigenvalue weighted by Crippen LogP contribution is -2.37. The van der Waals surface area contributed by atoms with Gasteiger partial charge >= 0.3 is 11.9 Å². The van der Waals surface area contributed by atoms with Gasteiger partial charge in [0, 0.05) is 18.5 Å². The van der Waals surface area contributed by atoms with Crippen molar-refractivity contribution < 1.29 is 19.8 Å². The average Bonchev–Trinajstić information content (AvgIpc) is 3.37. The van der Waals surface area contributed by atoms with E-state index in [4.69, 9.17) is 4.98 Å². The Bertz CT molecular complexity index is 1300. The lowest BCUT2D eigenvalue weighted by Gasteiger charge is -2.30. The summed E-state index contributed by atoms with van der Waals surface area (Å²) < 4.78 is 3.13. The molecule has 4 heterocycles. The molecule has 0 amide bonds. The van der Waals surface area contributed by atoms with E-state index in [2.05, 4.69) is 15.1 Å². The van der Waals surface area contributed by atoms with Crippen LogP contribution in [0.25, 0.3) is 27.9 Å². The average molecular weight is 421 g/mol. The number of anilines is 1. The first-order valence-corrected chi connectivity index (χ1v) is 9.87. The molecular weight excluding hydrogens is 402 g/mol. The van der Waals surface area contributed by atoms with Crippen molar-refractivity contribution in [2.75, 3.05) is 18.0 Å². The molecule has 0 bridgehead atoms. The summed E-state index contributed by atoms with van der Waals surface area (Å²) in [7, 11) is 0. The predicted molar refractivity (Wildman–Crippen MR) is 110 cm³/mol. The molecule has 11 heteroatoms. The zero-order valence-electron chi connectivity index (χ0n) is 16.4. The fourth-order valence-electron chi connectivity index (χ4n) is 3.94. The molecule has 1 saturated heterocycles. The number of nitrogens with zero attached hydrogens (tertiary/aromatic N) is 7. The number of benzene rings is 1. The zero-order valence-corrected chi connectivity index (χ0v) is 16.4. The van der Waals surface area contributed by atoms with Gasteiger partial charge in [-0.2, -0.15) is 15.1 Å². The second-order valence-corrected chi connectivity index (χ2v) is 7.50. The van der Waals surface area contributed by atoms with Crippen molar-refractivity contribution in [2.45, 2.75) is 19.4 Å². The monoisotopic (exact) mass is 421 g/mol. The number of piperidine rings is 1. The lowest BCUT2D eigenvalue weighted by atomic mass is 9.97. The Morgan fingerprint density at radius 3 is 2.61 bits per heavy atom. The lowest BCUT2D eigenvalue weighted by molar-refractivity contribution is -0.142. The molecule has 2 N–H and O–H groups in total. The van der Waals surface area contributed by atoms with Crippen LogP contribution in [0.1, 0.15) is 12.8 Å². The Labute approximate surface area is 175 Å². The summed E-state index contributed by atoms with van der Waals surface area (Å²) in [6.45, 7) is 0.705. The molecule has 31 heavy (non-hydrogen) atoms. The van der Waals surface area contributed by atoms with Crippen molar-refractivity contribution in [1.29, 1.82) is 0 Å². The maximum Gasteiger partial charge on any atom is 0.323 e. The van der Waals surface area contributed by atoms with Crippen LogP contribution < -0.4 is 4.90 Å². The number of carbonyl (C=O) groups is 2. The highest BCUT2D eigenvalue weighted by atomic mass is 16.4. The molecule has 1 aromatic carbocycles. The number of carboxylic acid groups (broad SMARTS) is 2. The van der Waals surface area contributed by atoms with Crippen molar-refractivity contribution >= 4 is 40.0 Å². The number of aromatic nitrogens is 6. The Hall–Kier alpha value is -4.02. The molecule has 3 aromatic heterocycles. The van der Waals surface area contributed by atoms with Crippen LogP contribution in [0.2, 0.25) is 0 Å². The topological polar surface area (TPSA) is 139 Å². The Morgan fingerprint density at radius 2 is 1.87 bits per heavy atom. The maximum absolute atomic E-state index is 11.3. The summed E-state index contributed by atoms with van der Waals surface area (Å²) >= 11 is 0. The molecule has 0 aliphatic carbocycles. The van der Waals surface area contributed by atoms with E-state index in [1.165, 1.54) is 10.9 Å². The van der Waals surface area contributed by atoms with E-state index < -0.39 is 11.9 Å². The fraction of sp³-hybridized carbons (Fsp3) is 0.300. The molecule has 1 aliphatic rings. The zero-order chi connectivity index (χ0) is 21.5. The number of rotatable bonds is 5. The number of para-hydroxylation sites is 1. The van der Waals surface area contributed by atoms with Crippen LogP contribution in [-0.2, 0) is 16.1 Å². The minimum Gasteiger partial charge on any atom is -0.481 e. The first kappa shape index (κ1) is 19.0. The van der Waals surface area contributed by atoms with Gasteiger partial charge in [0.15, 0.2) is 17.0 Å². The van der Waals surface area contributed by atoms with Crippen LogP contribution in [0.15, 0.2) is 36.8 Å². The Kier molecular flexibility index (Phi) is 4.50. The number of aliphatic carboxylic acids is 2. The van der Waals surface area contributed by atoms with Crippen LogP contribution in [-0.4, -0.2) is 64.5 Å². The van der Waals surface area contributed by atoms with E-state index in [0.29, 0.717) is 48.9 Å². The molecule has 5 rings (SSSR count). The molecular formula is C20H19N7O4. The number of carboxylic acids is 2. The van der Waals surface area contributed by atoms with Crippen molar-refractivity contribution in [2.24, 2.45) is 5.92 Å². The third-order valence-electron chi connectivity index (χ3n) is 5.54. The standard InChI is InChI=1S/C20H19N7O4/c28-15(29)10-26-11-21-16-17(26)23-20(25-7-5-12(6-8-25)19(30)31)24-18(16)27-14-4-2-1-3-13(14)9-22-27/h1-4,9,11-12H,5-8,10H2,(H,28,29)(H,30,31). The highest BCUT2D eigenvalue weighted by molar-refractivity contribution is 5.86. The molecule has 0 atom stereocenters. The van der Waals surface area contributed by atoms with Gasteiger partial charge < -0.3 is 19.7 Å². The van der Waals surface area contributed by atoms with Gasteiger partial charge in [-0.1, -0.05) is 18.2 Å². The molecule has 158 valence electrons. The maximum atomic E-state index is 11.3. The first-order valence-electron chi connectivity index (χ1n) is 9.87. The largest absolute Gasteiger partial charge is 0.481 e. The number of fused-ring (bicyclic) bond motifs is 2. The highest BCUT2D eigenvalue weighted by Crippen LogP contribution is 2.27. The molecule has 0 radical (unpaired) electrons. The van der Waals surface area contributed by atoms with Gasteiger partial charge in [0.25, 0.3) is 0 Å². The summed E-state index contributed by atoms with van der Waals surface area (Å²) in [5.74, 6) is -1.33. The van der Waals surface area contributed by atoms with Crippen molar-refractivity contribution in [3.8, 4) is 5.82 Å². The van der Waals surface area contributed by atoms with Gasteiger partial charge in [-0.15, -0.1) is 0 Å². The Balaban J connectivity index is 1.65. The third kappa shape index (κ3) is 3.33. The van der Waals surface area contributed by atoms with E-state index in [9.17, 15) is 19.8 Å². The molecule has 1 aliphatic heterocycles. The smallest absolute Gasteiger partial charge is 0.323 e. The van der Waals surface area contributed by atoms with Gasteiger partial charge in [-0.05, 0) is 18.9 Å². The summed E-state index contributed by atoms with van der Waals surface area (Å²) in [5.41, 5.74) is 1.67. The summed E-state index contributed by atoms with van der Waals surface area (Å²) in [4.78, 5) is 38.2. The molecule has 0 saturated carbocycles. The van der Waals surface area contributed by atoms with Crippen molar-refractivity contribution in [3.05, 3.63) is 36.8 Å². The third-order valence-corrected chi connectivity index (χ3v) is 5.54. The molecule has 11 nitrogen and oxygen atoms in total. The van der Waals surface area contributed by atoms with E-state index in [1.54, 1.807) is 10.9 Å². The second kappa shape index (κ2) is 7.35. The Morgan fingerprint density at radius 1 is 1.10 bits per heavy atom. The molecule has 1 fully saturated rings. The van der Waals surface area contributed by atoms with Crippen LogP contribution in [0.4, 0.5) is 5.95 Å². The minimum absolute atomic E-state index is 0.284. The van der Waals surface area contributed by atoms with Crippen LogP contribution >= 0.6 is 0 Å². The molecule has 4 aromatic rings. The first-order chi connectivity index (χ1) is 15.0. The van der Waals surface area contributed by atoms with E-state index in [-0.39, 0.29) is 12.5 Å². The quantitative estimate of drug-likeness (QED) is 0.491. The number of hydrogen-bond donors (Lipinski definition) is 2. The SMILES string of the molecule is O=C(O)Cn1cnc2c(-n3ncc4ccccc43)nc(N3CCC(C(=O)O)CC3)nc21. The van der Waals surface area contributed by atoms with Crippen LogP contribution in [0.3, 0.4) is 0 Å². The fourth-order valence-corrected chi connectivity index (χ4v) is 3.94. The van der Waals surface area contributed by atoms with Crippen molar-refractivity contribution in [1.82, 2.24) is 29.3 Å². The predicted octanol–water partition coefficient (Wildman–Crippen LogP) is 1.55. The molecule has 0 unspecified atom stereocenters. The highest BCUT2D eigenvalue weighted by Gasteiger charge is 2.27. The van der Waals surface area contributed by atoms with E-state index >= 15 is 0 Å². The van der Waals surface area contributed by atoms with Gasteiger partial charge in [-0.25, -0.2) is 9.67 Å². The summed E-state index contributed by atoms with van der Waals surface area (Å²) in [6.07, 6.45) is 4.15. The number of hydrogen-bond acceptors (Lipinski definition) is 7. The van der Waals surface area contributed by atoms with Crippen LogP contribution in [0.5, 0.6) is 0 Å². The van der Waals surface area contributed by atoms with Crippen molar-refractivity contribution in [3.63, 3.8) is 0 Å². The van der Waals surface area contributed by atoms with Crippen LogP contribution in [0, 0.1) is 5.92 Å². The number of imidazole rings is 1. The van der Waals surface area contributed by atoms with E-state index in [0.717, 1.165) is 10.9 Å². The van der Waals surface area contributed by atoms with Gasteiger partial charge in [0.2, 0.25) is 5.95 Å². The minimum atomic E-state index is -1.01. The summed E-state index contributed by atoms with van der Waals surface area (Å²) in [5, 5.41) is 23.9. The van der Waals surface area contributed by atoms with Gasteiger partial charge in [0.05, 0.1) is 24.0 Å².